The molecule has 2 rings (SSSR count). The van der Waals surface area contributed by atoms with Crippen molar-refractivity contribution in [3.05, 3.63) is 39.9 Å². The lowest BCUT2D eigenvalue weighted by atomic mass is 10.0. The summed E-state index contributed by atoms with van der Waals surface area (Å²) in [5.74, 6) is 1.34. The van der Waals surface area contributed by atoms with E-state index in [9.17, 15) is 10.1 Å². The molecule has 0 bridgehead atoms. The lowest BCUT2D eigenvalue weighted by molar-refractivity contribution is -0.384. The maximum atomic E-state index is 10.9. The molecular formula is C20H33N5O3. The minimum absolute atomic E-state index is 0.0926. The van der Waals surface area contributed by atoms with Crippen molar-refractivity contribution in [3.8, 4) is 0 Å². The zero-order valence-corrected chi connectivity index (χ0v) is 17.2. The quantitative estimate of drug-likeness (QED) is 0.291. The van der Waals surface area contributed by atoms with Crippen molar-refractivity contribution in [2.45, 2.75) is 39.8 Å². The van der Waals surface area contributed by atoms with Crippen molar-refractivity contribution in [3.63, 3.8) is 0 Å². The van der Waals surface area contributed by atoms with Gasteiger partial charge in [0, 0.05) is 44.4 Å². The van der Waals surface area contributed by atoms with Crippen molar-refractivity contribution in [2.75, 3.05) is 39.4 Å². The molecule has 0 aliphatic carbocycles. The van der Waals surface area contributed by atoms with Crippen LogP contribution in [0.1, 0.15) is 32.8 Å². The summed E-state index contributed by atoms with van der Waals surface area (Å²) in [4.78, 5) is 17.7. The van der Waals surface area contributed by atoms with E-state index >= 15 is 0 Å². The monoisotopic (exact) mass is 391 g/mol. The Balaban J connectivity index is 2.00. The number of aliphatic imine (C=N–C) groups is 1. The van der Waals surface area contributed by atoms with Gasteiger partial charge in [0.15, 0.2) is 5.96 Å². The summed E-state index contributed by atoms with van der Waals surface area (Å²) in [5, 5.41) is 17.7. The Labute approximate surface area is 167 Å². The van der Waals surface area contributed by atoms with E-state index in [4.69, 9.17) is 4.74 Å². The highest BCUT2D eigenvalue weighted by atomic mass is 16.6. The van der Waals surface area contributed by atoms with E-state index in [1.54, 1.807) is 12.1 Å². The molecule has 0 aromatic heterocycles. The van der Waals surface area contributed by atoms with Gasteiger partial charge in [0.1, 0.15) is 0 Å². The number of ether oxygens (including phenoxy) is 1. The minimum atomic E-state index is -0.379. The molecule has 1 aliphatic heterocycles. The Kier molecular flexibility index (Phi) is 9.16. The molecule has 1 aromatic carbocycles. The molecule has 0 saturated carbocycles. The minimum Gasteiger partial charge on any atom is -0.379 e. The molecule has 1 aromatic rings. The third-order valence-corrected chi connectivity index (χ3v) is 4.70. The number of nitrogens with zero attached hydrogens (tertiary/aromatic N) is 3. The van der Waals surface area contributed by atoms with Gasteiger partial charge >= 0.3 is 0 Å². The maximum absolute atomic E-state index is 10.9. The number of hydrogen-bond donors (Lipinski definition) is 2. The number of nitrogens with one attached hydrogen (secondary N) is 2. The Morgan fingerprint density at radius 3 is 2.71 bits per heavy atom. The van der Waals surface area contributed by atoms with Crippen molar-refractivity contribution in [1.29, 1.82) is 0 Å². The first-order valence-corrected chi connectivity index (χ1v) is 10.1. The van der Waals surface area contributed by atoms with Crippen molar-refractivity contribution in [2.24, 2.45) is 10.9 Å². The molecule has 1 fully saturated rings. The Morgan fingerprint density at radius 2 is 2.07 bits per heavy atom. The molecule has 1 saturated heterocycles. The topological polar surface area (TPSA) is 92.0 Å². The van der Waals surface area contributed by atoms with Gasteiger partial charge in [0.2, 0.25) is 0 Å². The number of hydrogen-bond acceptors (Lipinski definition) is 5. The average molecular weight is 392 g/mol. The molecule has 8 nitrogen and oxygen atoms in total. The van der Waals surface area contributed by atoms with Crippen LogP contribution in [-0.4, -0.2) is 61.2 Å². The van der Waals surface area contributed by atoms with Crippen LogP contribution in [0.15, 0.2) is 29.3 Å². The second-order valence-corrected chi connectivity index (χ2v) is 7.43. The van der Waals surface area contributed by atoms with Crippen molar-refractivity contribution < 1.29 is 9.66 Å². The van der Waals surface area contributed by atoms with E-state index in [-0.39, 0.29) is 10.6 Å². The lowest BCUT2D eigenvalue weighted by Gasteiger charge is -2.35. The van der Waals surface area contributed by atoms with Crippen LogP contribution in [0.4, 0.5) is 5.69 Å². The Morgan fingerprint density at radius 1 is 1.32 bits per heavy atom. The molecule has 1 heterocycles. The SMILES string of the molecule is CCNC(=NCc1cccc([N+](=O)[O-])c1)NCC(CC(C)C)N1CCOCC1. The Hall–Kier alpha value is -2.19. The molecule has 1 unspecified atom stereocenters. The number of morpholine rings is 1. The van der Waals surface area contributed by atoms with Crippen molar-refractivity contribution in [1.82, 2.24) is 15.5 Å². The zero-order chi connectivity index (χ0) is 20.4. The number of nitro groups is 1. The molecule has 156 valence electrons. The summed E-state index contributed by atoms with van der Waals surface area (Å²) in [6.45, 7) is 12.0. The predicted octanol–water partition coefficient (Wildman–Crippen LogP) is 2.40. The molecular weight excluding hydrogens is 358 g/mol. The molecule has 28 heavy (non-hydrogen) atoms. The fraction of sp³-hybridized carbons (Fsp3) is 0.650. The number of benzene rings is 1. The molecule has 8 heteroatoms. The van der Waals surface area contributed by atoms with E-state index in [0.29, 0.717) is 18.5 Å². The van der Waals surface area contributed by atoms with Gasteiger partial charge in [-0.25, -0.2) is 4.99 Å². The molecule has 0 amide bonds. The van der Waals surface area contributed by atoms with Gasteiger partial charge < -0.3 is 15.4 Å². The summed E-state index contributed by atoms with van der Waals surface area (Å²) in [6, 6.07) is 7.04. The van der Waals surface area contributed by atoms with Crippen LogP contribution in [0.5, 0.6) is 0 Å². The summed E-state index contributed by atoms with van der Waals surface area (Å²) in [5.41, 5.74) is 0.910. The molecule has 2 N–H and O–H groups in total. The second-order valence-electron chi connectivity index (χ2n) is 7.43. The third kappa shape index (κ3) is 7.44. The standard InChI is InChI=1S/C20H33N5O3/c1-4-21-20(22-14-17-6-5-7-18(13-17)25(26)27)23-15-19(12-16(2)3)24-8-10-28-11-9-24/h5-7,13,16,19H,4,8-12,14-15H2,1-3H3,(H2,21,22,23). The highest BCUT2D eigenvalue weighted by Gasteiger charge is 2.22. The molecule has 0 spiro atoms. The van der Waals surface area contributed by atoms with Crippen LogP contribution in [0.3, 0.4) is 0 Å². The van der Waals surface area contributed by atoms with E-state index in [2.05, 4.69) is 34.4 Å². The molecule has 1 atom stereocenters. The van der Waals surface area contributed by atoms with E-state index in [1.807, 2.05) is 13.0 Å². The number of non-ortho nitro benzene ring substituents is 1. The first kappa shape index (κ1) is 22.1. The lowest BCUT2D eigenvalue weighted by Crippen LogP contribution is -2.51. The summed E-state index contributed by atoms with van der Waals surface area (Å²) < 4.78 is 5.49. The normalized spacial score (nSPS) is 16.8. The highest BCUT2D eigenvalue weighted by molar-refractivity contribution is 5.79. The van der Waals surface area contributed by atoms with Gasteiger partial charge in [0.05, 0.1) is 24.7 Å². The highest BCUT2D eigenvalue weighted by Crippen LogP contribution is 2.14. The molecule has 0 radical (unpaired) electrons. The van der Waals surface area contributed by atoms with Crippen LogP contribution in [0, 0.1) is 16.0 Å². The van der Waals surface area contributed by atoms with Crippen LogP contribution in [-0.2, 0) is 11.3 Å². The second kappa shape index (κ2) is 11.6. The average Bonchev–Trinajstić information content (AvgIpc) is 2.69. The summed E-state index contributed by atoms with van der Waals surface area (Å²) in [6.07, 6.45) is 1.11. The van der Waals surface area contributed by atoms with Crippen LogP contribution in [0.25, 0.3) is 0 Å². The fourth-order valence-electron chi connectivity index (χ4n) is 3.34. The first-order valence-electron chi connectivity index (χ1n) is 10.1. The van der Waals surface area contributed by atoms with Crippen molar-refractivity contribution >= 4 is 11.6 Å². The van der Waals surface area contributed by atoms with Gasteiger partial charge in [-0.3, -0.25) is 15.0 Å². The van der Waals surface area contributed by atoms with E-state index < -0.39 is 0 Å². The van der Waals surface area contributed by atoms with Gasteiger partial charge in [-0.15, -0.1) is 0 Å². The maximum Gasteiger partial charge on any atom is 0.269 e. The smallest absolute Gasteiger partial charge is 0.269 e. The van der Waals surface area contributed by atoms with Gasteiger partial charge in [-0.2, -0.15) is 0 Å². The number of nitro benzene ring substituents is 1. The van der Waals surface area contributed by atoms with Gasteiger partial charge in [-0.05, 0) is 24.8 Å². The van der Waals surface area contributed by atoms with E-state index in [1.165, 1.54) is 6.07 Å². The first-order chi connectivity index (χ1) is 13.5. The summed E-state index contributed by atoms with van der Waals surface area (Å²) >= 11 is 0. The Bertz CT molecular complexity index is 644. The largest absolute Gasteiger partial charge is 0.379 e. The zero-order valence-electron chi connectivity index (χ0n) is 17.2. The van der Waals surface area contributed by atoms with Gasteiger partial charge in [0.25, 0.3) is 5.69 Å². The van der Waals surface area contributed by atoms with E-state index in [0.717, 1.165) is 57.3 Å². The predicted molar refractivity (Wildman–Crippen MR) is 112 cm³/mol. The van der Waals surface area contributed by atoms with Crippen LogP contribution >= 0.6 is 0 Å². The number of guanidine groups is 1. The van der Waals surface area contributed by atoms with Gasteiger partial charge in [-0.1, -0.05) is 26.0 Å². The summed E-state index contributed by atoms with van der Waals surface area (Å²) in [7, 11) is 0. The fourth-order valence-corrected chi connectivity index (χ4v) is 3.34. The van der Waals surface area contributed by atoms with Crippen LogP contribution in [0.2, 0.25) is 0 Å². The third-order valence-electron chi connectivity index (χ3n) is 4.70. The molecule has 1 aliphatic rings. The van der Waals surface area contributed by atoms with Crippen LogP contribution < -0.4 is 10.6 Å². The number of rotatable bonds is 9.